The minimum absolute atomic E-state index is 0.00314. The largest absolute Gasteiger partial charge is 0.0747 e. The topological polar surface area (TPSA) is 0 Å². The maximum absolute atomic E-state index is 2.35. The van der Waals surface area contributed by atoms with E-state index in [4.69, 9.17) is 0 Å². The van der Waals surface area contributed by atoms with Gasteiger partial charge in [-0.1, -0.05) is 98.9 Å². The maximum Gasteiger partial charge on any atom is -0.00864 e. The van der Waals surface area contributed by atoms with Gasteiger partial charge in [0.15, 0.2) is 0 Å². The Morgan fingerprint density at radius 3 is 1.76 bits per heavy atom. The van der Waals surface area contributed by atoms with Gasteiger partial charge in [0.2, 0.25) is 0 Å². The van der Waals surface area contributed by atoms with Crippen molar-refractivity contribution >= 4 is 31.8 Å². The summed E-state index contributed by atoms with van der Waals surface area (Å²) in [7, 11) is -0.273. The number of benzene rings is 3. The first-order chi connectivity index (χ1) is 12.4. The van der Waals surface area contributed by atoms with Crippen LogP contribution in [0.5, 0.6) is 0 Å². The van der Waals surface area contributed by atoms with E-state index in [0.29, 0.717) is 0 Å². The summed E-state index contributed by atoms with van der Waals surface area (Å²) < 4.78 is 0. The lowest BCUT2D eigenvalue weighted by Gasteiger charge is -2.36. The molecule has 4 rings (SSSR count). The fraction of sp³-hybridized carbons (Fsp3) is 0.217. The summed E-state index contributed by atoms with van der Waals surface area (Å²) in [6, 6.07) is 33.7. The predicted octanol–water partition coefficient (Wildman–Crippen LogP) is 5.09. The SMILES string of the molecule is c1ccc(P2CCCC(P(c3ccccc3)c3ccccc3)C2)cc1. The van der Waals surface area contributed by atoms with Gasteiger partial charge in [0.1, 0.15) is 0 Å². The molecule has 0 saturated carbocycles. The molecule has 1 aliphatic heterocycles. The molecule has 3 aromatic rings. The summed E-state index contributed by atoms with van der Waals surface area (Å²) in [6.07, 6.45) is 5.54. The Morgan fingerprint density at radius 1 is 0.680 bits per heavy atom. The molecule has 0 spiro atoms. The molecule has 126 valence electrons. The van der Waals surface area contributed by atoms with E-state index < -0.39 is 0 Å². The molecule has 1 fully saturated rings. The molecule has 1 heterocycles. The standard InChI is InChI=1S/C23H24P2/c1-4-11-20(12-5-1)24-18-10-17-23(19-24)25(21-13-6-2-7-14-21)22-15-8-3-9-16-22/h1-9,11-16,23H,10,17-19H2. The Kier molecular flexibility index (Phi) is 5.61. The minimum atomic E-state index is -0.270. The molecule has 0 aliphatic carbocycles. The monoisotopic (exact) mass is 362 g/mol. The molecule has 0 nitrogen and oxygen atoms in total. The van der Waals surface area contributed by atoms with Crippen molar-refractivity contribution in [2.45, 2.75) is 18.5 Å². The summed E-state index contributed by atoms with van der Waals surface area (Å²) in [5.74, 6) is 0. The molecule has 2 atom stereocenters. The third-order valence-electron chi connectivity index (χ3n) is 4.95. The zero-order chi connectivity index (χ0) is 16.9. The molecule has 1 saturated heterocycles. The highest BCUT2D eigenvalue weighted by Crippen LogP contribution is 2.52. The van der Waals surface area contributed by atoms with Gasteiger partial charge in [-0.15, -0.1) is 0 Å². The lowest BCUT2D eigenvalue weighted by atomic mass is 10.2. The third-order valence-corrected chi connectivity index (χ3v) is 10.9. The van der Waals surface area contributed by atoms with Crippen LogP contribution in [0.1, 0.15) is 12.8 Å². The normalized spacial score (nSPS) is 20.5. The Bertz CT molecular complexity index is 731. The van der Waals surface area contributed by atoms with Crippen molar-refractivity contribution in [3.8, 4) is 0 Å². The van der Waals surface area contributed by atoms with Crippen molar-refractivity contribution in [1.29, 1.82) is 0 Å². The van der Waals surface area contributed by atoms with Crippen LogP contribution in [0.15, 0.2) is 91.0 Å². The summed E-state index contributed by atoms with van der Waals surface area (Å²) >= 11 is 0. The summed E-state index contributed by atoms with van der Waals surface area (Å²) in [5, 5.41) is 4.68. The zero-order valence-electron chi connectivity index (χ0n) is 14.5. The second-order valence-corrected chi connectivity index (χ2v) is 11.5. The molecule has 2 unspecified atom stereocenters. The van der Waals surface area contributed by atoms with Gasteiger partial charge in [-0.25, -0.2) is 0 Å². The van der Waals surface area contributed by atoms with Gasteiger partial charge in [-0.2, -0.15) is 0 Å². The van der Waals surface area contributed by atoms with Crippen LogP contribution >= 0.6 is 15.8 Å². The first-order valence-electron chi connectivity index (χ1n) is 9.11. The van der Waals surface area contributed by atoms with E-state index in [9.17, 15) is 0 Å². The molecular formula is C23H24P2. The van der Waals surface area contributed by atoms with E-state index in [1.807, 2.05) is 0 Å². The third kappa shape index (κ3) is 4.03. The number of hydrogen-bond acceptors (Lipinski definition) is 0. The zero-order valence-corrected chi connectivity index (χ0v) is 16.2. The summed E-state index contributed by atoms with van der Waals surface area (Å²) in [4.78, 5) is 0. The van der Waals surface area contributed by atoms with Gasteiger partial charge in [-0.05, 0) is 54.7 Å². The van der Waals surface area contributed by atoms with E-state index in [1.54, 1.807) is 15.9 Å². The lowest BCUT2D eigenvalue weighted by molar-refractivity contribution is 0.766. The second kappa shape index (κ2) is 8.27. The van der Waals surface area contributed by atoms with Crippen molar-refractivity contribution < 1.29 is 0 Å². The quantitative estimate of drug-likeness (QED) is 0.567. The van der Waals surface area contributed by atoms with Crippen LogP contribution < -0.4 is 15.9 Å². The maximum atomic E-state index is 2.35. The Labute approximate surface area is 153 Å². The average molecular weight is 362 g/mol. The highest BCUT2D eigenvalue weighted by molar-refractivity contribution is 7.75. The van der Waals surface area contributed by atoms with Gasteiger partial charge >= 0.3 is 0 Å². The van der Waals surface area contributed by atoms with Crippen molar-refractivity contribution in [2.24, 2.45) is 0 Å². The van der Waals surface area contributed by atoms with E-state index in [2.05, 4.69) is 91.0 Å². The van der Waals surface area contributed by atoms with Crippen molar-refractivity contribution in [2.75, 3.05) is 12.3 Å². The molecule has 0 amide bonds. The van der Waals surface area contributed by atoms with E-state index in [-0.39, 0.29) is 15.8 Å². The fourth-order valence-electron chi connectivity index (χ4n) is 3.79. The predicted molar refractivity (Wildman–Crippen MR) is 115 cm³/mol. The lowest BCUT2D eigenvalue weighted by Crippen LogP contribution is -2.28. The van der Waals surface area contributed by atoms with Crippen molar-refractivity contribution in [3.63, 3.8) is 0 Å². The second-order valence-electron chi connectivity index (χ2n) is 6.62. The molecule has 0 aromatic heterocycles. The van der Waals surface area contributed by atoms with Crippen molar-refractivity contribution in [1.82, 2.24) is 0 Å². The van der Waals surface area contributed by atoms with Gasteiger partial charge in [0, 0.05) is 0 Å². The van der Waals surface area contributed by atoms with E-state index >= 15 is 0 Å². The molecule has 0 N–H and O–H groups in total. The fourth-order valence-corrected chi connectivity index (χ4v) is 10.1. The van der Waals surface area contributed by atoms with Crippen LogP contribution in [0.25, 0.3) is 0 Å². The Balaban J connectivity index is 1.65. The first-order valence-corrected chi connectivity index (χ1v) is 12.2. The van der Waals surface area contributed by atoms with Crippen LogP contribution in [0.2, 0.25) is 0 Å². The number of hydrogen-bond donors (Lipinski definition) is 0. The minimum Gasteiger partial charge on any atom is -0.0747 e. The average Bonchev–Trinajstić information content (AvgIpc) is 2.71. The number of rotatable bonds is 4. The molecular weight excluding hydrogens is 338 g/mol. The van der Waals surface area contributed by atoms with Gasteiger partial charge in [-0.3, -0.25) is 0 Å². The smallest absolute Gasteiger partial charge is 0.00864 e. The molecule has 0 radical (unpaired) electrons. The van der Waals surface area contributed by atoms with Crippen LogP contribution in [0.3, 0.4) is 0 Å². The molecule has 1 aliphatic rings. The van der Waals surface area contributed by atoms with Crippen LogP contribution in [0.4, 0.5) is 0 Å². The highest BCUT2D eigenvalue weighted by Gasteiger charge is 2.30. The van der Waals surface area contributed by atoms with Crippen LogP contribution in [0, 0.1) is 0 Å². The van der Waals surface area contributed by atoms with Gasteiger partial charge in [0.05, 0.1) is 0 Å². The summed E-state index contributed by atoms with van der Waals surface area (Å²) in [5.41, 5.74) is 0.805. The Hall–Kier alpha value is -1.48. The van der Waals surface area contributed by atoms with Crippen LogP contribution in [-0.4, -0.2) is 18.0 Å². The van der Waals surface area contributed by atoms with Gasteiger partial charge < -0.3 is 0 Å². The highest BCUT2D eigenvalue weighted by atomic mass is 31.1. The molecule has 2 heteroatoms. The van der Waals surface area contributed by atoms with Gasteiger partial charge in [0.25, 0.3) is 0 Å². The molecule has 0 bridgehead atoms. The van der Waals surface area contributed by atoms with Crippen LogP contribution in [-0.2, 0) is 0 Å². The Morgan fingerprint density at radius 2 is 1.20 bits per heavy atom. The van der Waals surface area contributed by atoms with E-state index in [1.165, 1.54) is 25.2 Å². The molecule has 3 aromatic carbocycles. The summed E-state index contributed by atoms with van der Waals surface area (Å²) in [6.45, 7) is 0. The van der Waals surface area contributed by atoms with Crippen molar-refractivity contribution in [3.05, 3.63) is 91.0 Å². The van der Waals surface area contributed by atoms with E-state index in [0.717, 1.165) is 5.66 Å². The molecule has 25 heavy (non-hydrogen) atoms. The first kappa shape index (κ1) is 17.0.